The van der Waals surface area contributed by atoms with E-state index in [1.165, 1.54) is 30.4 Å². The molecule has 44 heavy (non-hydrogen) atoms. The summed E-state index contributed by atoms with van der Waals surface area (Å²) in [5.41, 5.74) is 1.91. The fraction of sp³-hybridized carbons (Fsp3) is 0.258. The summed E-state index contributed by atoms with van der Waals surface area (Å²) in [5.74, 6) is 1.05. The van der Waals surface area contributed by atoms with E-state index in [0.717, 1.165) is 38.5 Å². The molecule has 5 heterocycles. The first kappa shape index (κ1) is 30.0. The fourth-order valence-electron chi connectivity index (χ4n) is 5.01. The number of benzene rings is 1. The molecule has 1 aromatic carbocycles. The van der Waals surface area contributed by atoms with Gasteiger partial charge in [0.25, 0.3) is 0 Å². The van der Waals surface area contributed by atoms with E-state index in [-0.39, 0.29) is 23.5 Å². The molecule has 226 valence electrons. The maximum Gasteiger partial charge on any atom is 0.244 e. The number of carbonyl (C=O) groups excluding carboxylic acids is 2. The number of amides is 2. The third kappa shape index (κ3) is 7.01. The van der Waals surface area contributed by atoms with E-state index in [2.05, 4.69) is 20.6 Å². The van der Waals surface area contributed by atoms with Crippen molar-refractivity contribution in [1.29, 1.82) is 0 Å². The van der Waals surface area contributed by atoms with Crippen LogP contribution in [-0.2, 0) is 9.59 Å². The van der Waals surface area contributed by atoms with E-state index < -0.39 is 6.04 Å². The lowest BCUT2D eigenvalue weighted by molar-refractivity contribution is -0.136. The van der Waals surface area contributed by atoms with Crippen LogP contribution in [0.5, 0.6) is 11.5 Å². The highest BCUT2D eigenvalue weighted by Crippen LogP contribution is 2.40. The molecule has 1 aliphatic rings. The number of ether oxygens (including phenoxy) is 1. The Kier molecular flexibility index (Phi) is 9.05. The predicted octanol–water partition coefficient (Wildman–Crippen LogP) is 7.20. The minimum atomic E-state index is -0.538. The quantitative estimate of drug-likeness (QED) is 0.173. The number of halogens is 1. The van der Waals surface area contributed by atoms with Crippen molar-refractivity contribution in [1.82, 2.24) is 25.2 Å². The second-order valence-electron chi connectivity index (χ2n) is 10.3. The molecule has 0 saturated carbocycles. The summed E-state index contributed by atoms with van der Waals surface area (Å²) < 4.78 is 20.9. The Hall–Kier alpha value is -4.07. The van der Waals surface area contributed by atoms with Crippen LogP contribution in [-0.4, -0.2) is 50.8 Å². The van der Waals surface area contributed by atoms with Gasteiger partial charge >= 0.3 is 0 Å². The minimum Gasteiger partial charge on any atom is -0.453 e. The van der Waals surface area contributed by atoms with Gasteiger partial charge in [-0.3, -0.25) is 14.6 Å². The van der Waals surface area contributed by atoms with Crippen LogP contribution in [0, 0.1) is 5.82 Å². The van der Waals surface area contributed by atoms with Crippen molar-refractivity contribution in [2.45, 2.75) is 48.4 Å². The van der Waals surface area contributed by atoms with E-state index in [0.29, 0.717) is 35.5 Å². The predicted molar refractivity (Wildman–Crippen MR) is 172 cm³/mol. The van der Waals surface area contributed by atoms with E-state index in [9.17, 15) is 14.0 Å². The van der Waals surface area contributed by atoms with Crippen molar-refractivity contribution >= 4 is 67.4 Å². The molecule has 0 radical (unpaired) electrons. The standard InChI is InChI=1S/C31H29FN6O3S3/c1-18(35-19(2)39)30(40)38-12-8-20(9-13-38)25-17-43-31(36-25)37-29-26(41-22-5-3-21(32)4-6-22)15-23(16-34-29)44-27-7-11-33-24-10-14-42-28(24)27/h3-7,10-11,14-18,20H,8-9,12-13H2,1-2H3,(H,35,39)(H,34,36,37). The average molecular weight is 649 g/mol. The van der Waals surface area contributed by atoms with Crippen molar-refractivity contribution in [2.75, 3.05) is 18.4 Å². The number of piperidine rings is 1. The highest BCUT2D eigenvalue weighted by atomic mass is 32.2. The van der Waals surface area contributed by atoms with Gasteiger partial charge in [0.1, 0.15) is 17.6 Å². The van der Waals surface area contributed by atoms with Crippen LogP contribution >= 0.6 is 34.4 Å². The van der Waals surface area contributed by atoms with Crippen LogP contribution in [0.3, 0.4) is 0 Å². The van der Waals surface area contributed by atoms with Crippen LogP contribution in [0.25, 0.3) is 10.2 Å². The molecule has 0 aliphatic carbocycles. The molecule has 1 saturated heterocycles. The topological polar surface area (TPSA) is 109 Å². The monoisotopic (exact) mass is 648 g/mol. The lowest BCUT2D eigenvalue weighted by Gasteiger charge is -2.33. The van der Waals surface area contributed by atoms with Crippen molar-refractivity contribution < 1.29 is 18.7 Å². The molecule has 1 atom stereocenters. The summed E-state index contributed by atoms with van der Waals surface area (Å²) in [6, 6.07) is 11.2. The van der Waals surface area contributed by atoms with Gasteiger partial charge in [-0.05, 0) is 61.5 Å². The fourth-order valence-corrected chi connectivity index (χ4v) is 7.68. The highest BCUT2D eigenvalue weighted by Gasteiger charge is 2.28. The number of aromatic nitrogens is 3. The first-order valence-electron chi connectivity index (χ1n) is 14.0. The largest absolute Gasteiger partial charge is 0.453 e. The molecular formula is C31H29FN6O3S3. The molecule has 4 aromatic heterocycles. The van der Waals surface area contributed by atoms with Crippen LogP contribution in [0.1, 0.15) is 38.3 Å². The molecule has 0 bridgehead atoms. The van der Waals surface area contributed by atoms with Gasteiger partial charge in [-0.25, -0.2) is 14.4 Å². The summed E-state index contributed by atoms with van der Waals surface area (Å²) in [6.07, 6.45) is 5.16. The van der Waals surface area contributed by atoms with Crippen molar-refractivity contribution in [2.24, 2.45) is 0 Å². The van der Waals surface area contributed by atoms with Crippen LogP contribution in [0.15, 0.2) is 75.4 Å². The Morgan fingerprint density at radius 1 is 1.11 bits per heavy atom. The normalized spacial score (nSPS) is 14.4. The molecule has 13 heteroatoms. The van der Waals surface area contributed by atoms with Crippen LogP contribution in [0.4, 0.5) is 15.3 Å². The first-order chi connectivity index (χ1) is 21.3. The van der Waals surface area contributed by atoms with Crippen molar-refractivity contribution in [3.05, 3.63) is 77.1 Å². The molecule has 1 unspecified atom stereocenters. The summed E-state index contributed by atoms with van der Waals surface area (Å²) in [6.45, 7) is 4.34. The van der Waals surface area contributed by atoms with E-state index in [4.69, 9.17) is 9.72 Å². The van der Waals surface area contributed by atoms with Gasteiger partial charge in [-0.15, -0.1) is 22.7 Å². The van der Waals surface area contributed by atoms with Gasteiger partial charge in [0.05, 0.1) is 15.9 Å². The van der Waals surface area contributed by atoms with Crippen LogP contribution < -0.4 is 15.4 Å². The van der Waals surface area contributed by atoms with Crippen molar-refractivity contribution in [3.8, 4) is 11.5 Å². The molecule has 2 N–H and O–H groups in total. The summed E-state index contributed by atoms with van der Waals surface area (Å²) >= 11 is 4.69. The Morgan fingerprint density at radius 3 is 2.68 bits per heavy atom. The number of thiazole rings is 1. The zero-order valence-corrected chi connectivity index (χ0v) is 26.4. The van der Waals surface area contributed by atoms with E-state index in [1.807, 2.05) is 29.0 Å². The van der Waals surface area contributed by atoms with E-state index >= 15 is 0 Å². The number of pyridine rings is 2. The number of likely N-dealkylation sites (tertiary alicyclic amines) is 1. The SMILES string of the molecule is CC(=O)NC(C)C(=O)N1CCC(c2csc(Nc3ncc(Sc4ccnc5ccsc45)cc3Oc3ccc(F)cc3)n2)CC1. The molecule has 6 rings (SSSR count). The number of nitrogens with one attached hydrogen (secondary N) is 2. The average Bonchev–Trinajstić information content (AvgIpc) is 3.70. The van der Waals surface area contributed by atoms with Gasteiger partial charge < -0.3 is 20.3 Å². The van der Waals surface area contributed by atoms with Gasteiger partial charge in [0.2, 0.25) is 11.8 Å². The van der Waals surface area contributed by atoms with Gasteiger partial charge in [-0.2, -0.15) is 0 Å². The Labute approximate surface area is 265 Å². The third-order valence-corrected chi connectivity index (χ3v) is 10.0. The Bertz CT molecular complexity index is 1790. The first-order valence-corrected chi connectivity index (χ1v) is 16.6. The zero-order chi connectivity index (χ0) is 30.6. The lowest BCUT2D eigenvalue weighted by atomic mass is 9.94. The second-order valence-corrected chi connectivity index (χ2v) is 13.2. The number of fused-ring (bicyclic) bond motifs is 1. The number of hydrogen-bond acceptors (Lipinski definition) is 10. The van der Waals surface area contributed by atoms with Crippen LogP contribution in [0.2, 0.25) is 0 Å². The van der Waals surface area contributed by atoms with Gasteiger partial charge in [0, 0.05) is 59.6 Å². The van der Waals surface area contributed by atoms with Crippen molar-refractivity contribution in [3.63, 3.8) is 0 Å². The lowest BCUT2D eigenvalue weighted by Crippen LogP contribution is -2.48. The summed E-state index contributed by atoms with van der Waals surface area (Å²) in [7, 11) is 0. The Balaban J connectivity index is 1.17. The number of nitrogens with zero attached hydrogens (tertiary/aromatic N) is 4. The molecule has 0 spiro atoms. The minimum absolute atomic E-state index is 0.0654. The maximum absolute atomic E-state index is 13.6. The van der Waals surface area contributed by atoms with Gasteiger partial charge in [0.15, 0.2) is 16.7 Å². The number of thiophene rings is 1. The Morgan fingerprint density at radius 2 is 1.91 bits per heavy atom. The van der Waals surface area contributed by atoms with E-state index in [1.54, 1.807) is 59.4 Å². The zero-order valence-electron chi connectivity index (χ0n) is 24.0. The second kappa shape index (κ2) is 13.3. The molecular weight excluding hydrogens is 620 g/mol. The molecule has 5 aromatic rings. The summed E-state index contributed by atoms with van der Waals surface area (Å²) in [4.78, 5) is 41.7. The molecule has 1 aliphatic heterocycles. The number of rotatable bonds is 9. The number of anilines is 2. The smallest absolute Gasteiger partial charge is 0.244 e. The molecule has 9 nitrogen and oxygen atoms in total. The molecule has 2 amide bonds. The maximum atomic E-state index is 13.6. The summed E-state index contributed by atoms with van der Waals surface area (Å²) in [5, 5.41) is 10.7. The number of carbonyl (C=O) groups is 2. The van der Waals surface area contributed by atoms with Gasteiger partial charge in [-0.1, -0.05) is 11.8 Å². The third-order valence-electron chi connectivity index (χ3n) is 7.17. The number of hydrogen-bond donors (Lipinski definition) is 2. The highest BCUT2D eigenvalue weighted by molar-refractivity contribution is 7.99. The molecule has 1 fully saturated rings.